The van der Waals surface area contributed by atoms with Gasteiger partial charge in [-0.3, -0.25) is 0 Å². The highest BCUT2D eigenvalue weighted by molar-refractivity contribution is 4.79. The Morgan fingerprint density at radius 2 is 1.09 bits per heavy atom. The van der Waals surface area contributed by atoms with Gasteiger partial charge in [0.2, 0.25) is 0 Å². The Labute approximate surface area is 147 Å². The van der Waals surface area contributed by atoms with Crippen molar-refractivity contribution in [2.75, 3.05) is 52.9 Å². The Morgan fingerprint density at radius 3 is 1.48 bits per heavy atom. The van der Waals surface area contributed by atoms with Gasteiger partial charge in [-0.2, -0.15) is 0 Å². The van der Waals surface area contributed by atoms with Crippen LogP contribution < -0.4 is 0 Å². The van der Waals surface area contributed by atoms with E-state index in [-0.39, 0.29) is 5.41 Å². The minimum atomic E-state index is -0.267. The average Bonchev–Trinajstić information content (AvgIpc) is 2.63. The first kappa shape index (κ1) is 19.2. The summed E-state index contributed by atoms with van der Waals surface area (Å²) < 4.78 is 37.6. The molecule has 0 saturated heterocycles. The summed E-state index contributed by atoms with van der Waals surface area (Å²) in [7, 11) is 0. The number of hydrogen-bond donors (Lipinski definition) is 0. The molecule has 0 radical (unpaired) electrons. The molecule has 0 spiro atoms. The van der Waals surface area contributed by atoms with Gasteiger partial charge in [-0.15, -0.1) is 0 Å². The summed E-state index contributed by atoms with van der Waals surface area (Å²) in [5, 5.41) is 0. The van der Waals surface area contributed by atoms with Crippen LogP contribution in [-0.2, 0) is 18.9 Å². The molecule has 0 aromatic rings. The second-order valence-electron chi connectivity index (χ2n) is 6.00. The SMILES string of the molecule is [3H]CCCCCOCC(COCC)(COCC)COCCCCC[3H]. The Morgan fingerprint density at radius 1 is 0.652 bits per heavy atom. The third-order valence-electron chi connectivity index (χ3n) is 3.62. The second-order valence-corrected chi connectivity index (χ2v) is 6.00. The zero-order chi connectivity index (χ0) is 18.6. The molecule has 0 unspecified atom stereocenters. The molecule has 0 aliphatic rings. The molecule has 0 atom stereocenters. The Kier molecular flexibility index (Phi) is 13.9. The van der Waals surface area contributed by atoms with E-state index in [2.05, 4.69) is 0 Å². The fourth-order valence-corrected chi connectivity index (χ4v) is 2.23. The highest BCUT2D eigenvalue weighted by atomic mass is 16.5. The number of hydrogen-bond acceptors (Lipinski definition) is 4. The van der Waals surface area contributed by atoms with Gasteiger partial charge in [0.15, 0.2) is 0 Å². The van der Waals surface area contributed by atoms with Crippen molar-refractivity contribution in [3.05, 3.63) is 0 Å². The summed E-state index contributed by atoms with van der Waals surface area (Å²) in [6, 6.07) is 0. The van der Waals surface area contributed by atoms with Crippen molar-refractivity contribution in [1.29, 1.82) is 0 Å². The minimum Gasteiger partial charge on any atom is -0.381 e. The van der Waals surface area contributed by atoms with E-state index >= 15 is 0 Å². The number of ether oxygens (including phenoxy) is 4. The van der Waals surface area contributed by atoms with Gasteiger partial charge in [-0.1, -0.05) is 39.5 Å². The van der Waals surface area contributed by atoms with Crippen molar-refractivity contribution >= 4 is 0 Å². The van der Waals surface area contributed by atoms with Crippen LogP contribution in [-0.4, -0.2) is 52.9 Å². The Balaban J connectivity index is 4.35. The summed E-state index contributed by atoms with van der Waals surface area (Å²) >= 11 is 0. The fourth-order valence-electron chi connectivity index (χ4n) is 2.23. The lowest BCUT2D eigenvalue weighted by atomic mass is 9.92. The van der Waals surface area contributed by atoms with Crippen LogP contribution in [0.4, 0.5) is 0 Å². The lowest BCUT2D eigenvalue weighted by Gasteiger charge is -2.32. The van der Waals surface area contributed by atoms with Crippen LogP contribution in [0.5, 0.6) is 0 Å². The van der Waals surface area contributed by atoms with E-state index in [1.54, 1.807) is 0 Å². The van der Waals surface area contributed by atoms with Gasteiger partial charge in [0, 0.05) is 29.2 Å². The van der Waals surface area contributed by atoms with Crippen LogP contribution in [0.25, 0.3) is 0 Å². The largest absolute Gasteiger partial charge is 0.381 e. The van der Waals surface area contributed by atoms with Crippen molar-refractivity contribution in [2.45, 2.75) is 66.2 Å². The Bertz CT molecular complexity index is 242. The molecule has 4 nitrogen and oxygen atoms in total. The summed E-state index contributed by atoms with van der Waals surface area (Å²) in [5.41, 5.74) is -0.267. The monoisotopic (exact) mass is 336 g/mol. The molecular weight excluding hydrogens is 292 g/mol. The standard InChI is InChI=1S/C19H40O4/c1-5-9-11-13-22-17-19(15-20-7-3,16-21-8-4)18-23-14-12-10-6-2/h5-18H2,1-4H3/i1T,2T. The molecule has 0 fully saturated rings. The normalized spacial score (nSPS) is 13.1. The predicted molar refractivity (Wildman–Crippen MR) is 96.1 cm³/mol. The van der Waals surface area contributed by atoms with Crippen molar-refractivity contribution in [1.82, 2.24) is 0 Å². The van der Waals surface area contributed by atoms with Gasteiger partial charge in [-0.25, -0.2) is 0 Å². The molecule has 4 heteroatoms. The van der Waals surface area contributed by atoms with E-state index in [9.17, 15) is 0 Å². The van der Waals surface area contributed by atoms with E-state index < -0.39 is 0 Å². The molecular formula is C19H40O4. The third kappa shape index (κ3) is 12.9. The molecule has 0 aromatic heterocycles. The highest BCUT2D eigenvalue weighted by Gasteiger charge is 2.32. The van der Waals surface area contributed by atoms with E-state index in [1.165, 1.54) is 0 Å². The zero-order valence-corrected chi connectivity index (χ0v) is 15.4. The molecule has 0 aliphatic heterocycles. The van der Waals surface area contributed by atoms with Crippen molar-refractivity contribution in [3.8, 4) is 0 Å². The first-order valence-corrected chi connectivity index (χ1v) is 9.14. The predicted octanol–water partition coefficient (Wildman–Crippen LogP) is 4.46. The van der Waals surface area contributed by atoms with Crippen LogP contribution in [0.2, 0.25) is 0 Å². The lowest BCUT2D eigenvalue weighted by molar-refractivity contribution is -0.104. The first-order chi connectivity index (χ1) is 12.2. The van der Waals surface area contributed by atoms with Gasteiger partial charge in [-0.05, 0) is 26.7 Å². The quantitative estimate of drug-likeness (QED) is 0.346. The molecule has 140 valence electrons. The van der Waals surface area contributed by atoms with Crippen molar-refractivity contribution in [2.24, 2.45) is 5.41 Å². The average molecular weight is 337 g/mol. The maximum absolute atomic E-state index is 7.17. The first-order valence-electron chi connectivity index (χ1n) is 10.6. The summed E-state index contributed by atoms with van der Waals surface area (Å²) in [6.07, 6.45) is 5.94. The fraction of sp³-hybridized carbons (Fsp3) is 1.00. The molecule has 0 aliphatic carbocycles. The van der Waals surface area contributed by atoms with Gasteiger partial charge >= 0.3 is 0 Å². The van der Waals surface area contributed by atoms with Crippen LogP contribution >= 0.6 is 0 Å². The van der Waals surface area contributed by atoms with Crippen LogP contribution in [0, 0.1) is 5.41 Å². The molecule has 0 aromatic carbocycles. The smallest absolute Gasteiger partial charge is 0.0637 e. The maximum Gasteiger partial charge on any atom is 0.0637 e. The molecule has 23 heavy (non-hydrogen) atoms. The number of unbranched alkanes of at least 4 members (excludes halogenated alkanes) is 4. The van der Waals surface area contributed by atoms with Gasteiger partial charge in [0.05, 0.1) is 31.8 Å². The van der Waals surface area contributed by atoms with Crippen LogP contribution in [0.15, 0.2) is 0 Å². The highest BCUT2D eigenvalue weighted by Crippen LogP contribution is 2.21. The molecule has 0 heterocycles. The van der Waals surface area contributed by atoms with Gasteiger partial charge in [0.25, 0.3) is 0 Å². The molecule has 0 rings (SSSR count). The summed E-state index contributed by atoms with van der Waals surface area (Å²) in [6.45, 7) is 10.0. The van der Waals surface area contributed by atoms with Crippen LogP contribution in [0.1, 0.15) is 68.9 Å². The summed E-state index contributed by atoms with van der Waals surface area (Å²) in [4.78, 5) is 0. The van der Waals surface area contributed by atoms with E-state index in [4.69, 9.17) is 21.7 Å². The molecule has 0 saturated carbocycles. The van der Waals surface area contributed by atoms with Crippen molar-refractivity contribution < 1.29 is 21.7 Å². The minimum absolute atomic E-state index is 0.267. The Hall–Kier alpha value is -0.160. The summed E-state index contributed by atoms with van der Waals surface area (Å²) in [5.74, 6) is 0. The van der Waals surface area contributed by atoms with E-state index in [0.29, 0.717) is 66.7 Å². The third-order valence-corrected chi connectivity index (χ3v) is 3.62. The van der Waals surface area contributed by atoms with Crippen molar-refractivity contribution in [3.63, 3.8) is 0 Å². The topological polar surface area (TPSA) is 36.9 Å². The lowest BCUT2D eigenvalue weighted by Crippen LogP contribution is -2.42. The molecule has 0 amide bonds. The van der Waals surface area contributed by atoms with Gasteiger partial charge < -0.3 is 18.9 Å². The van der Waals surface area contributed by atoms with Gasteiger partial charge in [0.1, 0.15) is 0 Å². The second kappa shape index (κ2) is 16.7. The molecule has 0 N–H and O–H groups in total. The van der Waals surface area contributed by atoms with E-state index in [1.807, 2.05) is 13.8 Å². The van der Waals surface area contributed by atoms with E-state index in [0.717, 1.165) is 38.5 Å². The maximum atomic E-state index is 7.17. The zero-order valence-electron chi connectivity index (χ0n) is 17.4. The molecule has 0 bridgehead atoms. The van der Waals surface area contributed by atoms with Crippen LogP contribution in [0.3, 0.4) is 0 Å². The number of rotatable bonds is 18.